The van der Waals surface area contributed by atoms with E-state index in [0.717, 1.165) is 10.4 Å². The van der Waals surface area contributed by atoms with Crippen molar-refractivity contribution in [2.24, 2.45) is 11.3 Å². The lowest BCUT2D eigenvalue weighted by atomic mass is 9.74. The molecule has 1 aromatic carbocycles. The predicted molar refractivity (Wildman–Crippen MR) is 94.6 cm³/mol. The fourth-order valence-corrected chi connectivity index (χ4v) is 4.81. The third-order valence-electron chi connectivity index (χ3n) is 5.37. The van der Waals surface area contributed by atoms with Crippen molar-refractivity contribution in [3.63, 3.8) is 0 Å². The molecule has 26 heavy (non-hydrogen) atoms. The summed E-state index contributed by atoms with van der Waals surface area (Å²) in [5.41, 5.74) is -0.0498. The fourth-order valence-electron chi connectivity index (χ4n) is 3.83. The summed E-state index contributed by atoms with van der Waals surface area (Å²) in [5.74, 6) is -1.48. The van der Waals surface area contributed by atoms with Gasteiger partial charge < -0.3 is 14.7 Å². The summed E-state index contributed by atoms with van der Waals surface area (Å²) in [7, 11) is 0. The Bertz CT molecular complexity index is 849. The summed E-state index contributed by atoms with van der Waals surface area (Å²) in [6.45, 7) is 1.41. The van der Waals surface area contributed by atoms with E-state index in [1.807, 2.05) is 6.07 Å². The molecule has 1 N–H and O–H groups in total. The Morgan fingerprint density at radius 3 is 2.69 bits per heavy atom. The number of carboxylic acids is 1. The minimum atomic E-state index is -0.898. The second-order valence-electron chi connectivity index (χ2n) is 6.84. The van der Waals surface area contributed by atoms with Gasteiger partial charge in [0.25, 0.3) is 5.91 Å². The number of fused-ring (bicyclic) bond motifs is 1. The van der Waals surface area contributed by atoms with Crippen molar-refractivity contribution < 1.29 is 23.8 Å². The largest absolute Gasteiger partial charge is 0.481 e. The normalized spacial score (nSPS) is 25.1. The van der Waals surface area contributed by atoms with Crippen LogP contribution in [-0.4, -0.2) is 48.2 Å². The monoisotopic (exact) mass is 375 g/mol. The first-order valence-corrected chi connectivity index (χ1v) is 9.27. The first-order chi connectivity index (χ1) is 12.5. The minimum absolute atomic E-state index is 0.154. The third-order valence-corrected chi connectivity index (χ3v) is 6.49. The number of hydrogen-bond donors (Lipinski definition) is 1. The van der Waals surface area contributed by atoms with E-state index >= 15 is 0 Å². The highest BCUT2D eigenvalue weighted by Crippen LogP contribution is 2.43. The lowest BCUT2D eigenvalue weighted by molar-refractivity contribution is -0.157. The van der Waals surface area contributed by atoms with Crippen molar-refractivity contribution in [3.8, 4) is 10.4 Å². The number of benzene rings is 1. The smallest absolute Gasteiger partial charge is 0.311 e. The van der Waals surface area contributed by atoms with Gasteiger partial charge in [0.1, 0.15) is 5.82 Å². The molecular weight excluding hydrogens is 357 g/mol. The van der Waals surface area contributed by atoms with Gasteiger partial charge in [-0.15, -0.1) is 11.3 Å². The highest BCUT2D eigenvalue weighted by atomic mass is 32.1. The SMILES string of the molecule is O=C(c1ccc(-c2ccc(F)cc2)s1)N1C[C@H]2COCC[C@@]2(C(=O)O)C1. The van der Waals surface area contributed by atoms with Gasteiger partial charge in [-0.3, -0.25) is 9.59 Å². The van der Waals surface area contributed by atoms with E-state index in [1.54, 1.807) is 23.1 Å². The second kappa shape index (κ2) is 6.48. The van der Waals surface area contributed by atoms with Gasteiger partial charge in [-0.2, -0.15) is 0 Å². The van der Waals surface area contributed by atoms with E-state index in [2.05, 4.69) is 0 Å². The Hall–Kier alpha value is -2.25. The van der Waals surface area contributed by atoms with E-state index in [-0.39, 0.29) is 24.2 Å². The van der Waals surface area contributed by atoms with Gasteiger partial charge in [0.05, 0.1) is 16.9 Å². The summed E-state index contributed by atoms with van der Waals surface area (Å²) in [4.78, 5) is 27.8. The van der Waals surface area contributed by atoms with Crippen molar-refractivity contribution in [1.82, 2.24) is 4.90 Å². The van der Waals surface area contributed by atoms with Gasteiger partial charge in [-0.25, -0.2) is 4.39 Å². The predicted octanol–water partition coefficient (Wildman–Crippen LogP) is 3.12. The maximum absolute atomic E-state index is 13.1. The molecule has 0 unspecified atom stereocenters. The molecule has 0 saturated carbocycles. The van der Waals surface area contributed by atoms with E-state index in [9.17, 15) is 19.1 Å². The zero-order chi connectivity index (χ0) is 18.3. The Kier molecular flexibility index (Phi) is 4.28. The van der Waals surface area contributed by atoms with Crippen LogP contribution < -0.4 is 0 Å². The Morgan fingerprint density at radius 1 is 1.23 bits per heavy atom. The van der Waals surface area contributed by atoms with Gasteiger partial charge in [-0.1, -0.05) is 12.1 Å². The van der Waals surface area contributed by atoms with Crippen LogP contribution in [0.3, 0.4) is 0 Å². The standard InChI is InChI=1S/C19H18FNO4S/c20-14-3-1-12(2-4-14)15-5-6-16(26-15)17(22)21-9-13-10-25-8-7-19(13,11-21)18(23)24/h1-6,13H,7-11H2,(H,23,24)/t13-,19+/m0/s1. The van der Waals surface area contributed by atoms with Gasteiger partial charge in [0, 0.05) is 30.5 Å². The van der Waals surface area contributed by atoms with Crippen LogP contribution in [0, 0.1) is 17.2 Å². The number of carbonyl (C=O) groups is 2. The maximum Gasteiger partial charge on any atom is 0.311 e. The quantitative estimate of drug-likeness (QED) is 0.895. The summed E-state index contributed by atoms with van der Waals surface area (Å²) in [6.07, 6.45) is 0.433. The van der Waals surface area contributed by atoms with E-state index in [0.29, 0.717) is 31.1 Å². The first-order valence-electron chi connectivity index (χ1n) is 8.46. The lowest BCUT2D eigenvalue weighted by Gasteiger charge is -2.33. The Balaban J connectivity index is 1.55. The maximum atomic E-state index is 13.1. The zero-order valence-electron chi connectivity index (χ0n) is 14.0. The van der Waals surface area contributed by atoms with Crippen LogP contribution in [0.5, 0.6) is 0 Å². The average Bonchev–Trinajstić information content (AvgIpc) is 3.27. The van der Waals surface area contributed by atoms with Crippen LogP contribution in [0.4, 0.5) is 4.39 Å². The molecule has 2 atom stereocenters. The van der Waals surface area contributed by atoms with Crippen molar-refractivity contribution >= 4 is 23.2 Å². The van der Waals surface area contributed by atoms with E-state index in [1.165, 1.54) is 23.5 Å². The molecule has 5 nitrogen and oxygen atoms in total. The highest BCUT2D eigenvalue weighted by molar-refractivity contribution is 7.17. The number of carbonyl (C=O) groups excluding carboxylic acids is 1. The first kappa shape index (κ1) is 17.2. The number of likely N-dealkylation sites (tertiary alicyclic amines) is 1. The molecule has 7 heteroatoms. The molecule has 0 spiro atoms. The topological polar surface area (TPSA) is 66.8 Å². The molecule has 2 fully saturated rings. The van der Waals surface area contributed by atoms with Crippen molar-refractivity contribution in [3.05, 3.63) is 47.1 Å². The molecule has 2 aromatic rings. The van der Waals surface area contributed by atoms with Gasteiger partial charge in [0.2, 0.25) is 0 Å². The molecule has 0 aliphatic carbocycles. The molecule has 1 amide bonds. The number of ether oxygens (including phenoxy) is 1. The summed E-state index contributed by atoms with van der Waals surface area (Å²) < 4.78 is 18.5. The van der Waals surface area contributed by atoms with Gasteiger partial charge in [0.15, 0.2) is 0 Å². The lowest BCUT2D eigenvalue weighted by Crippen LogP contribution is -2.45. The van der Waals surface area contributed by atoms with Crippen LogP contribution in [0.25, 0.3) is 10.4 Å². The van der Waals surface area contributed by atoms with Crippen LogP contribution in [0.15, 0.2) is 36.4 Å². The molecule has 0 bridgehead atoms. The fraction of sp³-hybridized carbons (Fsp3) is 0.368. The molecule has 136 valence electrons. The van der Waals surface area contributed by atoms with Crippen molar-refractivity contribution in [1.29, 1.82) is 0 Å². The van der Waals surface area contributed by atoms with E-state index in [4.69, 9.17) is 4.74 Å². The molecular formula is C19H18FNO4S. The molecule has 0 radical (unpaired) electrons. The number of halogens is 1. The molecule has 3 heterocycles. The number of thiophene rings is 1. The third kappa shape index (κ3) is 2.81. The van der Waals surface area contributed by atoms with Crippen molar-refractivity contribution in [2.75, 3.05) is 26.3 Å². The van der Waals surface area contributed by atoms with Crippen LogP contribution in [-0.2, 0) is 9.53 Å². The van der Waals surface area contributed by atoms with Gasteiger partial charge in [-0.05, 0) is 36.2 Å². The van der Waals surface area contributed by atoms with Gasteiger partial charge >= 0.3 is 5.97 Å². The summed E-state index contributed by atoms with van der Waals surface area (Å²) in [5, 5.41) is 9.72. The van der Waals surface area contributed by atoms with E-state index < -0.39 is 11.4 Å². The number of rotatable bonds is 3. The van der Waals surface area contributed by atoms with Crippen LogP contribution in [0.2, 0.25) is 0 Å². The number of carboxylic acid groups (broad SMARTS) is 1. The average molecular weight is 375 g/mol. The molecule has 1 aromatic heterocycles. The molecule has 4 rings (SSSR count). The number of nitrogens with zero attached hydrogens (tertiary/aromatic N) is 1. The summed E-state index contributed by atoms with van der Waals surface area (Å²) in [6, 6.07) is 9.71. The van der Waals surface area contributed by atoms with Crippen LogP contribution in [0.1, 0.15) is 16.1 Å². The second-order valence-corrected chi connectivity index (χ2v) is 7.92. The molecule has 2 aliphatic heterocycles. The molecule has 2 saturated heterocycles. The number of amides is 1. The van der Waals surface area contributed by atoms with Crippen molar-refractivity contribution in [2.45, 2.75) is 6.42 Å². The van der Waals surface area contributed by atoms with Crippen LogP contribution >= 0.6 is 11.3 Å². The Labute approximate surface area is 154 Å². The molecule has 2 aliphatic rings. The summed E-state index contributed by atoms with van der Waals surface area (Å²) >= 11 is 1.34. The number of hydrogen-bond acceptors (Lipinski definition) is 4. The Morgan fingerprint density at radius 2 is 2.00 bits per heavy atom. The highest BCUT2D eigenvalue weighted by Gasteiger charge is 2.55. The zero-order valence-corrected chi connectivity index (χ0v) is 14.8. The number of aliphatic carboxylic acids is 1. The minimum Gasteiger partial charge on any atom is -0.481 e.